The van der Waals surface area contributed by atoms with E-state index in [1.807, 2.05) is 0 Å². The fourth-order valence-corrected chi connectivity index (χ4v) is 4.33. The monoisotopic (exact) mass is 284 g/mol. The van der Waals surface area contributed by atoms with Crippen molar-refractivity contribution in [2.45, 2.75) is 83.3 Å². The Morgan fingerprint density at radius 2 is 1.90 bits per heavy atom. The van der Waals surface area contributed by atoms with Gasteiger partial charge in [0.25, 0.3) is 0 Å². The lowest BCUT2D eigenvalue weighted by molar-refractivity contribution is -0.147. The standard InChI is InChI=1S/C16H32N2O2/c1-7-13-9-19-12(2)8-18(13)16(11-17)10-14(3,4)20-15(16,5)6/h12-13H,7-11,17H2,1-6H3. The first-order chi connectivity index (χ1) is 9.17. The third-order valence-corrected chi connectivity index (χ3v) is 5.20. The first kappa shape index (κ1) is 16.2. The molecule has 2 aliphatic heterocycles. The summed E-state index contributed by atoms with van der Waals surface area (Å²) in [7, 11) is 0. The van der Waals surface area contributed by atoms with Gasteiger partial charge in [-0.15, -0.1) is 0 Å². The molecule has 0 amide bonds. The van der Waals surface area contributed by atoms with Gasteiger partial charge in [-0.25, -0.2) is 0 Å². The predicted molar refractivity (Wildman–Crippen MR) is 81.8 cm³/mol. The number of morpholine rings is 1. The minimum absolute atomic E-state index is 0.102. The third kappa shape index (κ3) is 2.52. The second-order valence-electron chi connectivity index (χ2n) is 7.64. The molecule has 0 aromatic carbocycles. The topological polar surface area (TPSA) is 47.7 Å². The zero-order chi connectivity index (χ0) is 15.2. The Labute approximate surface area is 124 Å². The number of hydrogen-bond acceptors (Lipinski definition) is 4. The summed E-state index contributed by atoms with van der Waals surface area (Å²) < 4.78 is 12.2. The van der Waals surface area contributed by atoms with Crippen LogP contribution in [-0.2, 0) is 9.47 Å². The van der Waals surface area contributed by atoms with Crippen molar-refractivity contribution in [1.29, 1.82) is 0 Å². The molecule has 2 saturated heterocycles. The lowest BCUT2D eigenvalue weighted by Gasteiger charge is -2.53. The molecule has 2 aliphatic rings. The highest BCUT2D eigenvalue weighted by Crippen LogP contribution is 2.49. The van der Waals surface area contributed by atoms with E-state index in [-0.39, 0.29) is 22.8 Å². The van der Waals surface area contributed by atoms with Gasteiger partial charge in [0, 0.05) is 19.1 Å². The number of nitrogens with two attached hydrogens (primary N) is 1. The zero-order valence-corrected chi connectivity index (χ0v) is 14.0. The molecule has 4 nitrogen and oxygen atoms in total. The van der Waals surface area contributed by atoms with E-state index in [9.17, 15) is 0 Å². The summed E-state index contributed by atoms with van der Waals surface area (Å²) in [5.74, 6) is 0. The van der Waals surface area contributed by atoms with Crippen molar-refractivity contribution in [2.24, 2.45) is 5.73 Å². The number of hydrogen-bond donors (Lipinski definition) is 1. The van der Waals surface area contributed by atoms with Crippen molar-refractivity contribution in [2.75, 3.05) is 19.7 Å². The average Bonchev–Trinajstić information content (AvgIpc) is 2.54. The quantitative estimate of drug-likeness (QED) is 0.863. The Morgan fingerprint density at radius 1 is 1.25 bits per heavy atom. The van der Waals surface area contributed by atoms with Crippen LogP contribution < -0.4 is 5.73 Å². The summed E-state index contributed by atoms with van der Waals surface area (Å²) in [5, 5.41) is 0. The molecule has 3 unspecified atom stereocenters. The molecule has 2 rings (SSSR count). The van der Waals surface area contributed by atoms with E-state index in [1.54, 1.807) is 0 Å². The lowest BCUT2D eigenvalue weighted by Crippen LogP contribution is -2.69. The highest BCUT2D eigenvalue weighted by Gasteiger charge is 2.60. The Kier molecular flexibility index (Phi) is 4.25. The van der Waals surface area contributed by atoms with Crippen molar-refractivity contribution in [1.82, 2.24) is 4.90 Å². The SMILES string of the molecule is CCC1COC(C)CN1C1(CN)CC(C)(C)OC1(C)C. The maximum Gasteiger partial charge on any atom is 0.0830 e. The minimum atomic E-state index is -0.240. The fourth-order valence-electron chi connectivity index (χ4n) is 4.33. The van der Waals surface area contributed by atoms with Crippen LogP contribution in [0.25, 0.3) is 0 Å². The second kappa shape index (κ2) is 5.24. The normalized spacial score (nSPS) is 41.0. The molecule has 0 radical (unpaired) electrons. The smallest absolute Gasteiger partial charge is 0.0830 e. The molecule has 0 aromatic heterocycles. The molecule has 0 aromatic rings. The van der Waals surface area contributed by atoms with Crippen molar-refractivity contribution in [3.05, 3.63) is 0 Å². The molecule has 0 aliphatic carbocycles. The highest BCUT2D eigenvalue weighted by atomic mass is 16.5. The molecule has 2 N–H and O–H groups in total. The van der Waals surface area contributed by atoms with Gasteiger partial charge in [-0.1, -0.05) is 6.92 Å². The highest BCUT2D eigenvalue weighted by molar-refractivity contribution is 5.14. The van der Waals surface area contributed by atoms with Gasteiger partial charge < -0.3 is 15.2 Å². The van der Waals surface area contributed by atoms with Crippen LogP contribution in [0.1, 0.15) is 54.4 Å². The van der Waals surface area contributed by atoms with E-state index in [2.05, 4.69) is 46.4 Å². The van der Waals surface area contributed by atoms with Crippen LogP contribution >= 0.6 is 0 Å². The Balaban J connectivity index is 2.38. The molecule has 0 bridgehead atoms. The van der Waals surface area contributed by atoms with Crippen LogP contribution in [0, 0.1) is 0 Å². The summed E-state index contributed by atoms with van der Waals surface area (Å²) in [6, 6.07) is 0.437. The van der Waals surface area contributed by atoms with Gasteiger partial charge in [0.1, 0.15) is 0 Å². The zero-order valence-electron chi connectivity index (χ0n) is 14.0. The maximum absolute atomic E-state index is 6.36. The van der Waals surface area contributed by atoms with Crippen LogP contribution in [-0.4, -0.2) is 53.5 Å². The van der Waals surface area contributed by atoms with Crippen molar-refractivity contribution in [3.63, 3.8) is 0 Å². The fraction of sp³-hybridized carbons (Fsp3) is 1.00. The molecule has 118 valence electrons. The van der Waals surface area contributed by atoms with Crippen molar-refractivity contribution >= 4 is 0 Å². The van der Waals surface area contributed by atoms with Crippen molar-refractivity contribution < 1.29 is 9.47 Å². The van der Waals surface area contributed by atoms with E-state index >= 15 is 0 Å². The number of rotatable bonds is 3. The molecule has 0 saturated carbocycles. The summed E-state index contributed by atoms with van der Waals surface area (Å²) in [6.07, 6.45) is 2.33. The van der Waals surface area contributed by atoms with Crippen LogP contribution in [0.3, 0.4) is 0 Å². The van der Waals surface area contributed by atoms with E-state index < -0.39 is 0 Å². The average molecular weight is 284 g/mol. The Bertz CT molecular complexity index is 356. The summed E-state index contributed by atoms with van der Waals surface area (Å²) in [5.41, 5.74) is 5.83. The third-order valence-electron chi connectivity index (χ3n) is 5.20. The van der Waals surface area contributed by atoms with Gasteiger partial charge in [-0.3, -0.25) is 4.90 Å². The van der Waals surface area contributed by atoms with Crippen LogP contribution in [0.15, 0.2) is 0 Å². The lowest BCUT2D eigenvalue weighted by atomic mass is 9.76. The number of ether oxygens (including phenoxy) is 2. The Hall–Kier alpha value is -0.160. The van der Waals surface area contributed by atoms with Gasteiger partial charge in [-0.05, 0) is 47.5 Å². The van der Waals surface area contributed by atoms with Crippen LogP contribution in [0.5, 0.6) is 0 Å². The van der Waals surface area contributed by atoms with E-state index in [1.165, 1.54) is 0 Å². The van der Waals surface area contributed by atoms with Gasteiger partial charge in [0.05, 0.1) is 29.5 Å². The van der Waals surface area contributed by atoms with E-state index in [4.69, 9.17) is 15.2 Å². The van der Waals surface area contributed by atoms with Gasteiger partial charge in [-0.2, -0.15) is 0 Å². The van der Waals surface area contributed by atoms with E-state index in [0.29, 0.717) is 12.6 Å². The van der Waals surface area contributed by atoms with Gasteiger partial charge >= 0.3 is 0 Å². The first-order valence-electron chi connectivity index (χ1n) is 7.96. The van der Waals surface area contributed by atoms with Crippen LogP contribution in [0.4, 0.5) is 0 Å². The summed E-state index contributed by atoms with van der Waals surface area (Å²) in [6.45, 7) is 15.5. The van der Waals surface area contributed by atoms with Crippen molar-refractivity contribution in [3.8, 4) is 0 Å². The molecule has 20 heavy (non-hydrogen) atoms. The first-order valence-corrected chi connectivity index (χ1v) is 7.96. The van der Waals surface area contributed by atoms with Crippen LogP contribution in [0.2, 0.25) is 0 Å². The summed E-state index contributed by atoms with van der Waals surface area (Å²) in [4.78, 5) is 2.59. The largest absolute Gasteiger partial charge is 0.376 e. The molecule has 2 fully saturated rings. The molecular weight excluding hydrogens is 252 g/mol. The molecule has 3 atom stereocenters. The molecular formula is C16H32N2O2. The second-order valence-corrected chi connectivity index (χ2v) is 7.64. The van der Waals surface area contributed by atoms with Gasteiger partial charge in [0.15, 0.2) is 0 Å². The minimum Gasteiger partial charge on any atom is -0.376 e. The van der Waals surface area contributed by atoms with E-state index in [0.717, 1.165) is 26.0 Å². The maximum atomic E-state index is 6.36. The predicted octanol–water partition coefficient (Wildman–Crippen LogP) is 2.16. The molecule has 0 spiro atoms. The Morgan fingerprint density at radius 3 is 2.35 bits per heavy atom. The number of nitrogens with zero attached hydrogens (tertiary/aromatic N) is 1. The molecule has 4 heteroatoms. The van der Waals surface area contributed by atoms with Gasteiger partial charge in [0.2, 0.25) is 0 Å². The molecule has 2 heterocycles. The summed E-state index contributed by atoms with van der Waals surface area (Å²) >= 11 is 0.